The zero-order valence-corrected chi connectivity index (χ0v) is 12.2. The second-order valence-electron chi connectivity index (χ2n) is 4.00. The summed E-state index contributed by atoms with van der Waals surface area (Å²) in [5, 5.41) is 15.0. The molecule has 0 unspecified atom stereocenters. The number of aromatic hydroxyl groups is 1. The molecule has 0 saturated heterocycles. The van der Waals surface area contributed by atoms with E-state index in [2.05, 4.69) is 32.7 Å². The van der Waals surface area contributed by atoms with Gasteiger partial charge in [0, 0.05) is 15.0 Å². The van der Waals surface area contributed by atoms with Crippen LogP contribution < -0.4 is 5.32 Å². The molecule has 4 heteroatoms. The Labute approximate surface area is 113 Å². The molecule has 0 aliphatic heterocycles. The number of nitrogens with one attached hydrogen (secondary N) is 1. The first-order valence-electron chi connectivity index (χ1n) is 5.34. The average Bonchev–Trinajstić information content (AvgIpc) is 2.68. The van der Waals surface area contributed by atoms with Crippen LogP contribution in [0.25, 0.3) is 0 Å². The molecule has 0 saturated carbocycles. The molecule has 2 rings (SSSR count). The second kappa shape index (κ2) is 5.10. The Morgan fingerprint density at radius 1 is 1.29 bits per heavy atom. The third-order valence-electron chi connectivity index (χ3n) is 2.67. The fourth-order valence-corrected chi connectivity index (χ4v) is 3.05. The molecule has 2 N–H and O–H groups in total. The second-order valence-corrected chi connectivity index (χ2v) is 5.85. The van der Waals surface area contributed by atoms with E-state index in [1.807, 2.05) is 19.9 Å². The molecule has 0 aliphatic rings. The Morgan fingerprint density at radius 2 is 2.06 bits per heavy atom. The van der Waals surface area contributed by atoms with E-state index in [0.717, 1.165) is 27.8 Å². The highest BCUT2D eigenvalue weighted by molar-refractivity contribution is 9.10. The summed E-state index contributed by atoms with van der Waals surface area (Å²) in [6.45, 7) is 4.69. The predicted molar refractivity (Wildman–Crippen MR) is 76.9 cm³/mol. The number of hydrogen-bond acceptors (Lipinski definition) is 3. The zero-order chi connectivity index (χ0) is 12.4. The predicted octanol–water partition coefficient (Wildman–Crippen LogP) is 4.45. The molecule has 2 nitrogen and oxygen atoms in total. The molecule has 2 aromatic rings. The molecular formula is C13H14BrNOS. The van der Waals surface area contributed by atoms with E-state index in [1.54, 1.807) is 17.4 Å². The number of thiophene rings is 1. The summed E-state index contributed by atoms with van der Waals surface area (Å²) in [5.41, 5.74) is 3.02. The largest absolute Gasteiger partial charge is 0.508 e. The Kier molecular flexibility index (Phi) is 3.74. The van der Waals surface area contributed by atoms with Crippen molar-refractivity contribution in [3.63, 3.8) is 0 Å². The number of phenolic OH excluding ortho intramolecular Hbond substituents is 1. The topological polar surface area (TPSA) is 32.3 Å². The lowest BCUT2D eigenvalue weighted by Gasteiger charge is -2.11. The quantitative estimate of drug-likeness (QED) is 0.821. The highest BCUT2D eigenvalue weighted by Crippen LogP contribution is 2.27. The Bertz CT molecular complexity index is 536. The highest BCUT2D eigenvalue weighted by Gasteiger charge is 2.05. The van der Waals surface area contributed by atoms with Crippen LogP contribution in [0.5, 0.6) is 5.75 Å². The number of anilines is 1. The van der Waals surface area contributed by atoms with Gasteiger partial charge in [-0.25, -0.2) is 0 Å². The standard InChI is InChI=1S/C13H14BrNOS/c1-8-6-12(16)9(2)5-11(8)15-7-13-10(14)3-4-17-13/h3-6,15-16H,7H2,1-2H3. The van der Waals surface area contributed by atoms with Gasteiger partial charge >= 0.3 is 0 Å². The molecule has 1 aromatic heterocycles. The normalized spacial score (nSPS) is 10.5. The van der Waals surface area contributed by atoms with Gasteiger partial charge in [0.15, 0.2) is 0 Å². The third-order valence-corrected chi connectivity index (χ3v) is 4.60. The number of rotatable bonds is 3. The van der Waals surface area contributed by atoms with Gasteiger partial charge in [-0.1, -0.05) is 0 Å². The molecule has 0 radical (unpaired) electrons. The number of aryl methyl sites for hydroxylation is 2. The molecule has 90 valence electrons. The Balaban J connectivity index is 2.14. The van der Waals surface area contributed by atoms with Crippen LogP contribution in [-0.4, -0.2) is 5.11 Å². The van der Waals surface area contributed by atoms with E-state index in [4.69, 9.17) is 0 Å². The Morgan fingerprint density at radius 3 is 2.71 bits per heavy atom. The van der Waals surface area contributed by atoms with Gasteiger partial charge in [0.1, 0.15) is 5.75 Å². The number of halogens is 1. The fourth-order valence-electron chi connectivity index (χ4n) is 1.62. The minimum atomic E-state index is 0.352. The van der Waals surface area contributed by atoms with Crippen molar-refractivity contribution in [2.45, 2.75) is 20.4 Å². The van der Waals surface area contributed by atoms with Gasteiger partial charge in [-0.15, -0.1) is 11.3 Å². The van der Waals surface area contributed by atoms with Crippen molar-refractivity contribution < 1.29 is 5.11 Å². The molecule has 1 aromatic carbocycles. The highest BCUT2D eigenvalue weighted by atomic mass is 79.9. The van der Waals surface area contributed by atoms with Crippen molar-refractivity contribution in [1.82, 2.24) is 0 Å². The van der Waals surface area contributed by atoms with Crippen molar-refractivity contribution in [3.05, 3.63) is 44.1 Å². The minimum absolute atomic E-state index is 0.352. The molecule has 0 amide bonds. The van der Waals surface area contributed by atoms with Gasteiger partial charge in [0.25, 0.3) is 0 Å². The molecule has 17 heavy (non-hydrogen) atoms. The van der Waals surface area contributed by atoms with E-state index in [-0.39, 0.29) is 0 Å². The van der Waals surface area contributed by atoms with Gasteiger partial charge in [-0.3, -0.25) is 0 Å². The first-order chi connectivity index (χ1) is 8.08. The van der Waals surface area contributed by atoms with Crippen LogP contribution in [0.1, 0.15) is 16.0 Å². The number of hydrogen-bond donors (Lipinski definition) is 2. The van der Waals surface area contributed by atoms with Crippen molar-refractivity contribution >= 4 is 33.0 Å². The van der Waals surface area contributed by atoms with Crippen LogP contribution in [0.2, 0.25) is 0 Å². The van der Waals surface area contributed by atoms with Crippen molar-refractivity contribution in [1.29, 1.82) is 0 Å². The summed E-state index contributed by atoms with van der Waals surface area (Å²) in [5.74, 6) is 0.352. The van der Waals surface area contributed by atoms with Crippen molar-refractivity contribution in [3.8, 4) is 5.75 Å². The Hall–Kier alpha value is -1.00. The van der Waals surface area contributed by atoms with Gasteiger partial charge in [0.2, 0.25) is 0 Å². The number of benzene rings is 1. The summed E-state index contributed by atoms with van der Waals surface area (Å²) >= 11 is 5.24. The first kappa shape index (κ1) is 12.5. The maximum atomic E-state index is 9.59. The van der Waals surface area contributed by atoms with Crippen LogP contribution in [0.15, 0.2) is 28.1 Å². The van der Waals surface area contributed by atoms with Crippen LogP contribution in [0, 0.1) is 13.8 Å². The summed E-state index contributed by atoms with van der Waals surface area (Å²) in [4.78, 5) is 1.27. The molecule has 0 atom stereocenters. The summed E-state index contributed by atoms with van der Waals surface area (Å²) in [7, 11) is 0. The van der Waals surface area contributed by atoms with Crippen molar-refractivity contribution in [2.24, 2.45) is 0 Å². The van der Waals surface area contributed by atoms with E-state index in [0.29, 0.717) is 5.75 Å². The van der Waals surface area contributed by atoms with E-state index in [1.165, 1.54) is 4.88 Å². The van der Waals surface area contributed by atoms with Gasteiger partial charge < -0.3 is 10.4 Å². The fraction of sp³-hybridized carbons (Fsp3) is 0.231. The van der Waals surface area contributed by atoms with Crippen LogP contribution in [0.4, 0.5) is 5.69 Å². The SMILES string of the molecule is Cc1cc(NCc2sccc2Br)c(C)cc1O. The lowest BCUT2D eigenvalue weighted by atomic mass is 10.1. The maximum Gasteiger partial charge on any atom is 0.118 e. The smallest absolute Gasteiger partial charge is 0.118 e. The van der Waals surface area contributed by atoms with Crippen LogP contribution >= 0.6 is 27.3 Å². The lowest BCUT2D eigenvalue weighted by Crippen LogP contribution is -2.00. The van der Waals surface area contributed by atoms with Gasteiger partial charge in [0.05, 0.1) is 6.54 Å². The molecule has 0 aliphatic carbocycles. The van der Waals surface area contributed by atoms with E-state index < -0.39 is 0 Å². The monoisotopic (exact) mass is 311 g/mol. The summed E-state index contributed by atoms with van der Waals surface area (Å²) < 4.78 is 1.14. The summed E-state index contributed by atoms with van der Waals surface area (Å²) in [6.07, 6.45) is 0. The van der Waals surface area contributed by atoms with Crippen molar-refractivity contribution in [2.75, 3.05) is 5.32 Å². The maximum absolute atomic E-state index is 9.59. The third kappa shape index (κ3) is 2.82. The zero-order valence-electron chi connectivity index (χ0n) is 9.75. The van der Waals surface area contributed by atoms with E-state index in [9.17, 15) is 5.11 Å². The molecule has 0 bridgehead atoms. The molecule has 1 heterocycles. The average molecular weight is 312 g/mol. The molecular weight excluding hydrogens is 298 g/mol. The van der Waals surface area contributed by atoms with Crippen LogP contribution in [0.3, 0.4) is 0 Å². The first-order valence-corrected chi connectivity index (χ1v) is 7.01. The van der Waals surface area contributed by atoms with Gasteiger partial charge in [-0.2, -0.15) is 0 Å². The lowest BCUT2D eigenvalue weighted by molar-refractivity contribution is 0.471. The number of phenols is 1. The van der Waals surface area contributed by atoms with E-state index >= 15 is 0 Å². The molecule has 0 spiro atoms. The van der Waals surface area contributed by atoms with Gasteiger partial charge in [-0.05, 0) is 64.5 Å². The minimum Gasteiger partial charge on any atom is -0.508 e. The van der Waals surface area contributed by atoms with Crippen LogP contribution in [-0.2, 0) is 6.54 Å². The summed E-state index contributed by atoms with van der Waals surface area (Å²) in [6, 6.07) is 5.82. The molecule has 0 fully saturated rings.